The average Bonchev–Trinajstić information content (AvgIpc) is 3.06. The number of para-hydroxylation sites is 2. The number of carbonyl (C=O) groups excluding carboxylic acids is 1. The molecule has 31 heavy (non-hydrogen) atoms. The Labute approximate surface area is 182 Å². The van der Waals surface area contributed by atoms with E-state index in [1.54, 1.807) is 49.4 Å². The highest BCUT2D eigenvalue weighted by atomic mass is 32.1. The summed E-state index contributed by atoms with van der Waals surface area (Å²) in [5.74, 6) is -0.523. The normalized spacial score (nSPS) is 12.3. The number of nitrogens with one attached hydrogen (secondary N) is 1. The number of hydrogen-bond donors (Lipinski definition) is 1. The quantitative estimate of drug-likeness (QED) is 0.643. The fourth-order valence-electron chi connectivity index (χ4n) is 2.93. The SMILES string of the molecule is CCOc1ccccc1NC(=O)/C(C#N)=c1\s/c(=C\c2ccc(F)cc2)c(=O)n1CC. The molecule has 0 aliphatic rings. The molecule has 3 rings (SSSR count). The third-order valence-corrected chi connectivity index (χ3v) is 5.51. The van der Waals surface area contributed by atoms with Gasteiger partial charge in [-0.3, -0.25) is 14.2 Å². The van der Waals surface area contributed by atoms with Crippen LogP contribution in [-0.4, -0.2) is 17.1 Å². The first-order chi connectivity index (χ1) is 15.0. The molecule has 1 aromatic heterocycles. The van der Waals surface area contributed by atoms with E-state index < -0.39 is 5.91 Å². The van der Waals surface area contributed by atoms with Crippen molar-refractivity contribution < 1.29 is 13.9 Å². The number of anilines is 1. The molecular weight excluding hydrogens is 417 g/mol. The van der Waals surface area contributed by atoms with Crippen LogP contribution in [0.5, 0.6) is 5.75 Å². The second kappa shape index (κ2) is 9.87. The maximum atomic E-state index is 13.2. The summed E-state index contributed by atoms with van der Waals surface area (Å²) in [6, 6.07) is 14.5. The van der Waals surface area contributed by atoms with E-state index in [0.717, 1.165) is 11.3 Å². The monoisotopic (exact) mass is 437 g/mol. The lowest BCUT2D eigenvalue weighted by Gasteiger charge is -2.10. The topological polar surface area (TPSA) is 84.1 Å². The fourth-order valence-corrected chi connectivity index (χ4v) is 4.10. The maximum absolute atomic E-state index is 13.2. The Hall–Kier alpha value is -3.70. The number of ether oxygens (including phenoxy) is 1. The van der Waals surface area contributed by atoms with Gasteiger partial charge >= 0.3 is 0 Å². The third-order valence-electron chi connectivity index (χ3n) is 4.38. The molecule has 8 heteroatoms. The van der Waals surface area contributed by atoms with Crippen LogP contribution in [0.2, 0.25) is 0 Å². The van der Waals surface area contributed by atoms with Crippen molar-refractivity contribution in [2.45, 2.75) is 20.4 Å². The van der Waals surface area contributed by atoms with E-state index in [1.807, 2.05) is 13.0 Å². The molecule has 1 heterocycles. The molecule has 158 valence electrons. The number of aromatic nitrogens is 1. The van der Waals surface area contributed by atoms with Crippen LogP contribution in [0, 0.1) is 17.1 Å². The second-order valence-electron chi connectivity index (χ2n) is 6.39. The summed E-state index contributed by atoms with van der Waals surface area (Å²) in [6.07, 6.45) is 1.61. The van der Waals surface area contributed by atoms with E-state index in [-0.39, 0.29) is 28.2 Å². The highest BCUT2D eigenvalue weighted by molar-refractivity contribution is 7.07. The van der Waals surface area contributed by atoms with Crippen LogP contribution in [-0.2, 0) is 11.3 Å². The molecule has 0 aliphatic heterocycles. The van der Waals surface area contributed by atoms with E-state index in [9.17, 15) is 19.2 Å². The summed E-state index contributed by atoms with van der Waals surface area (Å²) in [5.41, 5.74) is 0.585. The second-order valence-corrected chi connectivity index (χ2v) is 7.42. The van der Waals surface area contributed by atoms with Crippen LogP contribution in [0.25, 0.3) is 11.6 Å². The molecule has 0 saturated carbocycles. The van der Waals surface area contributed by atoms with Gasteiger partial charge in [0.25, 0.3) is 11.5 Å². The number of halogens is 1. The molecule has 0 aliphatic carbocycles. The lowest BCUT2D eigenvalue weighted by molar-refractivity contribution is -0.111. The highest BCUT2D eigenvalue weighted by Gasteiger charge is 2.17. The van der Waals surface area contributed by atoms with Crippen molar-refractivity contribution in [3.8, 4) is 11.8 Å². The summed E-state index contributed by atoms with van der Waals surface area (Å²) in [6.45, 7) is 4.30. The van der Waals surface area contributed by atoms with Gasteiger partial charge in [0.1, 0.15) is 22.3 Å². The number of hydrogen-bond acceptors (Lipinski definition) is 5. The van der Waals surface area contributed by atoms with E-state index in [1.165, 1.54) is 16.7 Å². The van der Waals surface area contributed by atoms with Crippen LogP contribution in [0.4, 0.5) is 10.1 Å². The Morgan fingerprint density at radius 2 is 1.94 bits per heavy atom. The molecule has 0 spiro atoms. The van der Waals surface area contributed by atoms with Crippen molar-refractivity contribution in [3.63, 3.8) is 0 Å². The van der Waals surface area contributed by atoms with Crippen molar-refractivity contribution in [1.82, 2.24) is 4.57 Å². The highest BCUT2D eigenvalue weighted by Crippen LogP contribution is 2.24. The van der Waals surface area contributed by atoms with Crippen molar-refractivity contribution in [2.24, 2.45) is 0 Å². The van der Waals surface area contributed by atoms with Crippen molar-refractivity contribution in [1.29, 1.82) is 5.26 Å². The standard InChI is InChI=1S/C23H20FN3O3S/c1-3-27-22(29)20(13-15-9-11-16(24)12-10-15)31-23(27)17(14-25)21(28)26-18-7-5-6-8-19(18)30-4-2/h5-13H,3-4H2,1-2H3,(H,26,28)/b20-13-,23-17-. The number of rotatable bonds is 6. The van der Waals surface area contributed by atoms with Crippen LogP contribution in [0.15, 0.2) is 53.3 Å². The minimum absolute atomic E-state index is 0.172. The van der Waals surface area contributed by atoms with Gasteiger partial charge < -0.3 is 10.1 Å². The largest absolute Gasteiger partial charge is 0.492 e. The molecule has 0 saturated heterocycles. The summed E-state index contributed by atoms with van der Waals surface area (Å²) < 4.78 is 20.6. The zero-order valence-corrected chi connectivity index (χ0v) is 17.8. The van der Waals surface area contributed by atoms with Crippen LogP contribution in [0.1, 0.15) is 19.4 Å². The van der Waals surface area contributed by atoms with Crippen molar-refractivity contribution in [3.05, 3.63) is 79.5 Å². The van der Waals surface area contributed by atoms with Gasteiger partial charge in [-0.15, -0.1) is 11.3 Å². The molecule has 0 unspecified atom stereocenters. The molecule has 2 aromatic carbocycles. The molecule has 1 amide bonds. The van der Waals surface area contributed by atoms with Crippen LogP contribution >= 0.6 is 11.3 Å². The Bertz CT molecular complexity index is 1320. The van der Waals surface area contributed by atoms with Gasteiger partial charge in [-0.05, 0) is 49.8 Å². The number of amides is 1. The van der Waals surface area contributed by atoms with Gasteiger partial charge in [-0.25, -0.2) is 4.39 Å². The van der Waals surface area contributed by atoms with E-state index in [0.29, 0.717) is 28.1 Å². The first-order valence-corrected chi connectivity index (χ1v) is 10.4. The van der Waals surface area contributed by atoms with E-state index in [2.05, 4.69) is 5.32 Å². The number of benzene rings is 2. The maximum Gasteiger partial charge on any atom is 0.269 e. The lowest BCUT2D eigenvalue weighted by Crippen LogP contribution is -2.33. The number of nitrogens with zero attached hydrogens (tertiary/aromatic N) is 2. The van der Waals surface area contributed by atoms with E-state index >= 15 is 0 Å². The van der Waals surface area contributed by atoms with Gasteiger partial charge in [0.05, 0.1) is 16.8 Å². The zero-order valence-electron chi connectivity index (χ0n) is 17.0. The molecule has 0 bridgehead atoms. The number of carbonyl (C=O) groups is 1. The molecule has 0 radical (unpaired) electrons. The predicted molar refractivity (Wildman–Crippen MR) is 119 cm³/mol. The third kappa shape index (κ3) is 4.90. The summed E-state index contributed by atoms with van der Waals surface area (Å²) in [4.78, 5) is 25.7. The van der Waals surface area contributed by atoms with Crippen molar-refractivity contribution >= 4 is 34.6 Å². The Morgan fingerprint density at radius 3 is 2.58 bits per heavy atom. The minimum Gasteiger partial charge on any atom is -0.492 e. The van der Waals surface area contributed by atoms with Crippen LogP contribution in [0.3, 0.4) is 0 Å². The van der Waals surface area contributed by atoms with Crippen molar-refractivity contribution in [2.75, 3.05) is 11.9 Å². The van der Waals surface area contributed by atoms with Gasteiger partial charge in [0.15, 0.2) is 5.57 Å². The predicted octanol–water partition coefficient (Wildman–Crippen LogP) is 2.61. The van der Waals surface area contributed by atoms with E-state index in [4.69, 9.17) is 4.74 Å². The molecule has 0 fully saturated rings. The van der Waals surface area contributed by atoms with Gasteiger partial charge in [-0.1, -0.05) is 24.3 Å². The Kier molecular flexibility index (Phi) is 7.00. The molecule has 0 atom stereocenters. The first kappa shape index (κ1) is 22.0. The summed E-state index contributed by atoms with van der Waals surface area (Å²) in [7, 11) is 0. The van der Waals surface area contributed by atoms with Crippen LogP contribution < -0.4 is 24.8 Å². The van der Waals surface area contributed by atoms with Gasteiger partial charge in [0, 0.05) is 6.54 Å². The molecule has 1 N–H and O–H groups in total. The lowest BCUT2D eigenvalue weighted by atomic mass is 10.2. The average molecular weight is 437 g/mol. The summed E-state index contributed by atoms with van der Waals surface area (Å²) in [5, 5.41) is 12.4. The fraction of sp³-hybridized carbons (Fsp3) is 0.174. The molecule has 3 aromatic rings. The van der Waals surface area contributed by atoms with Gasteiger partial charge in [-0.2, -0.15) is 5.26 Å². The Balaban J connectivity index is 2.11. The number of nitriles is 1. The Morgan fingerprint density at radius 1 is 1.23 bits per heavy atom. The molecule has 6 nitrogen and oxygen atoms in total. The number of thiazole rings is 1. The minimum atomic E-state index is -0.633. The summed E-state index contributed by atoms with van der Waals surface area (Å²) >= 11 is 1.05. The van der Waals surface area contributed by atoms with Gasteiger partial charge in [0.2, 0.25) is 0 Å². The first-order valence-electron chi connectivity index (χ1n) is 9.63. The smallest absolute Gasteiger partial charge is 0.269 e. The zero-order chi connectivity index (χ0) is 22.4. The molecular formula is C23H20FN3O3S.